The summed E-state index contributed by atoms with van der Waals surface area (Å²) < 4.78 is 24.7. The maximum Gasteiger partial charge on any atom is 0.180 e. The monoisotopic (exact) mass is 471 g/mol. The molecular formula is C24H23ClFN3O2S. The fourth-order valence-corrected chi connectivity index (χ4v) is 3.53. The topological polar surface area (TPSA) is 69.2 Å². The number of benzene rings is 3. The van der Waals surface area contributed by atoms with Crippen molar-refractivity contribution in [3.63, 3.8) is 0 Å². The molecule has 3 rings (SSSR count). The molecule has 166 valence electrons. The van der Waals surface area contributed by atoms with Crippen molar-refractivity contribution in [3.05, 3.63) is 94.3 Å². The van der Waals surface area contributed by atoms with E-state index in [0.717, 1.165) is 11.3 Å². The molecular weight excluding hydrogens is 449 g/mol. The molecule has 0 aliphatic carbocycles. The van der Waals surface area contributed by atoms with E-state index >= 15 is 0 Å². The number of halogens is 2. The summed E-state index contributed by atoms with van der Waals surface area (Å²) in [5, 5.41) is 8.79. The van der Waals surface area contributed by atoms with Gasteiger partial charge in [0.15, 0.2) is 16.7 Å². The minimum atomic E-state index is -0.390. The summed E-state index contributed by atoms with van der Waals surface area (Å²) in [6.45, 7) is 2.54. The average Bonchev–Trinajstić information content (AvgIpc) is 2.79. The Kier molecular flexibility index (Phi) is 8.95. The van der Waals surface area contributed by atoms with Gasteiger partial charge in [-0.3, -0.25) is 0 Å². The van der Waals surface area contributed by atoms with Crippen molar-refractivity contribution in [1.82, 2.24) is 0 Å². The number of thioether (sulfide) groups is 1. The van der Waals surface area contributed by atoms with Crippen molar-refractivity contribution in [2.45, 2.75) is 19.3 Å². The molecule has 3 aromatic carbocycles. The van der Waals surface area contributed by atoms with Crippen LogP contribution in [-0.4, -0.2) is 18.0 Å². The van der Waals surface area contributed by atoms with Crippen LogP contribution in [0.15, 0.2) is 76.9 Å². The van der Waals surface area contributed by atoms with Crippen LogP contribution in [0.4, 0.5) is 4.39 Å². The summed E-state index contributed by atoms with van der Waals surface area (Å²) in [7, 11) is 0. The first-order valence-electron chi connectivity index (χ1n) is 9.92. The lowest BCUT2D eigenvalue weighted by atomic mass is 10.2. The van der Waals surface area contributed by atoms with E-state index in [4.69, 9.17) is 26.8 Å². The number of amidine groups is 1. The van der Waals surface area contributed by atoms with Crippen LogP contribution in [-0.2, 0) is 12.4 Å². The number of nitrogens with zero attached hydrogens (tertiary/aromatic N) is 2. The van der Waals surface area contributed by atoms with Crippen LogP contribution < -0.4 is 15.2 Å². The van der Waals surface area contributed by atoms with Crippen molar-refractivity contribution >= 4 is 34.7 Å². The van der Waals surface area contributed by atoms with Gasteiger partial charge in [-0.1, -0.05) is 59.8 Å². The van der Waals surface area contributed by atoms with Crippen LogP contribution in [0.2, 0.25) is 5.02 Å². The first-order chi connectivity index (χ1) is 15.5. The third-order valence-electron chi connectivity index (χ3n) is 4.26. The smallest absolute Gasteiger partial charge is 0.180 e. The van der Waals surface area contributed by atoms with Gasteiger partial charge in [0.1, 0.15) is 12.4 Å². The average molecular weight is 472 g/mol. The highest BCUT2D eigenvalue weighted by molar-refractivity contribution is 8.13. The molecule has 3 aromatic rings. The van der Waals surface area contributed by atoms with E-state index in [1.165, 1.54) is 29.5 Å². The second-order valence-corrected chi connectivity index (χ2v) is 8.02. The number of ether oxygens (including phenoxy) is 2. The molecule has 8 heteroatoms. The van der Waals surface area contributed by atoms with E-state index in [1.54, 1.807) is 24.4 Å². The van der Waals surface area contributed by atoms with E-state index in [-0.39, 0.29) is 12.4 Å². The molecule has 5 nitrogen and oxygen atoms in total. The van der Waals surface area contributed by atoms with Gasteiger partial charge in [0.25, 0.3) is 0 Å². The van der Waals surface area contributed by atoms with Crippen LogP contribution in [0.3, 0.4) is 0 Å². The summed E-state index contributed by atoms with van der Waals surface area (Å²) in [6.07, 6.45) is 1.60. The predicted octanol–water partition coefficient (Wildman–Crippen LogP) is 6.04. The molecule has 0 saturated heterocycles. The van der Waals surface area contributed by atoms with Gasteiger partial charge in [-0.15, -0.1) is 5.10 Å². The van der Waals surface area contributed by atoms with Gasteiger partial charge in [0.05, 0.1) is 17.8 Å². The molecule has 0 aromatic heterocycles. The Morgan fingerprint density at radius 1 is 1.06 bits per heavy atom. The fraction of sp³-hybridized carbons (Fsp3) is 0.167. The Morgan fingerprint density at radius 2 is 1.88 bits per heavy atom. The molecule has 0 atom stereocenters. The van der Waals surface area contributed by atoms with Crippen molar-refractivity contribution in [2.24, 2.45) is 15.9 Å². The first kappa shape index (κ1) is 23.6. The van der Waals surface area contributed by atoms with Crippen molar-refractivity contribution in [1.29, 1.82) is 0 Å². The normalized spacial score (nSPS) is 11.7. The maximum atomic E-state index is 13.2. The molecule has 0 bridgehead atoms. The quantitative estimate of drug-likeness (QED) is 0.235. The highest BCUT2D eigenvalue weighted by atomic mass is 35.5. The number of hydrogen-bond donors (Lipinski definition) is 1. The minimum absolute atomic E-state index is 0.187. The van der Waals surface area contributed by atoms with Crippen LogP contribution in [0.5, 0.6) is 11.5 Å². The zero-order chi connectivity index (χ0) is 22.8. The van der Waals surface area contributed by atoms with Gasteiger partial charge >= 0.3 is 0 Å². The molecule has 32 heavy (non-hydrogen) atoms. The van der Waals surface area contributed by atoms with Crippen molar-refractivity contribution < 1.29 is 13.9 Å². The summed E-state index contributed by atoms with van der Waals surface area (Å²) in [5.74, 6) is 1.44. The molecule has 0 spiro atoms. The van der Waals surface area contributed by atoms with E-state index in [0.29, 0.717) is 33.9 Å². The van der Waals surface area contributed by atoms with E-state index in [1.807, 2.05) is 43.3 Å². The lowest BCUT2D eigenvalue weighted by Gasteiger charge is -2.13. The Labute approximate surface area is 196 Å². The highest BCUT2D eigenvalue weighted by Gasteiger charge is 2.09. The Balaban J connectivity index is 1.62. The van der Waals surface area contributed by atoms with Crippen LogP contribution >= 0.6 is 23.4 Å². The maximum absolute atomic E-state index is 13.2. The number of rotatable bonds is 9. The number of nitrogens with two attached hydrogens (primary N) is 1. The van der Waals surface area contributed by atoms with E-state index < -0.39 is 0 Å². The SMILES string of the molecule is CCOc1cc(C=NN=C(N)SCc2ccccc2)ccc1OCc1ccc(F)cc1Cl. The van der Waals surface area contributed by atoms with Crippen molar-refractivity contribution in [3.8, 4) is 11.5 Å². The molecule has 0 unspecified atom stereocenters. The molecule has 0 radical (unpaired) electrons. The molecule has 0 fully saturated rings. The Bertz CT molecular complexity index is 1090. The zero-order valence-corrected chi connectivity index (χ0v) is 19.1. The standard InChI is InChI=1S/C24H23ClFN3O2S/c1-2-30-23-12-18(14-28-29-24(27)32-16-17-6-4-3-5-7-17)8-11-22(23)31-15-19-9-10-20(26)13-21(19)25/h3-14H,2,15-16H2,1H3,(H2,27,29). The predicted molar refractivity (Wildman–Crippen MR) is 130 cm³/mol. The third-order valence-corrected chi connectivity index (χ3v) is 5.47. The second-order valence-electron chi connectivity index (χ2n) is 6.62. The lowest BCUT2D eigenvalue weighted by molar-refractivity contribution is 0.269. The first-order valence-corrected chi connectivity index (χ1v) is 11.3. The molecule has 0 aliphatic rings. The van der Waals surface area contributed by atoms with Crippen LogP contribution in [0.25, 0.3) is 0 Å². The van der Waals surface area contributed by atoms with Gasteiger partial charge in [-0.2, -0.15) is 5.10 Å². The van der Waals surface area contributed by atoms with Gasteiger partial charge in [-0.25, -0.2) is 4.39 Å². The Morgan fingerprint density at radius 3 is 2.62 bits per heavy atom. The molecule has 0 aliphatic heterocycles. The molecule has 2 N–H and O–H groups in total. The van der Waals surface area contributed by atoms with Crippen LogP contribution in [0, 0.1) is 5.82 Å². The second kappa shape index (κ2) is 12.1. The Hall–Kier alpha value is -3.03. The van der Waals surface area contributed by atoms with E-state index in [9.17, 15) is 4.39 Å². The fourth-order valence-electron chi connectivity index (χ4n) is 2.70. The largest absolute Gasteiger partial charge is 0.490 e. The van der Waals surface area contributed by atoms with Crippen molar-refractivity contribution in [2.75, 3.05) is 6.61 Å². The summed E-state index contributed by atoms with van der Waals surface area (Å²) in [4.78, 5) is 0. The summed E-state index contributed by atoms with van der Waals surface area (Å²) >= 11 is 7.49. The van der Waals surface area contributed by atoms with Gasteiger partial charge in [0.2, 0.25) is 0 Å². The zero-order valence-electron chi connectivity index (χ0n) is 17.5. The van der Waals surface area contributed by atoms with Gasteiger partial charge in [-0.05, 0) is 48.4 Å². The third kappa shape index (κ3) is 7.28. The van der Waals surface area contributed by atoms with E-state index in [2.05, 4.69) is 10.2 Å². The number of hydrogen-bond acceptors (Lipinski definition) is 5. The molecule has 0 saturated carbocycles. The lowest BCUT2D eigenvalue weighted by Crippen LogP contribution is -2.06. The summed E-state index contributed by atoms with van der Waals surface area (Å²) in [6, 6.07) is 19.6. The van der Waals surface area contributed by atoms with Gasteiger partial charge < -0.3 is 15.2 Å². The highest BCUT2D eigenvalue weighted by Crippen LogP contribution is 2.30. The summed E-state index contributed by atoms with van der Waals surface area (Å²) in [5.41, 5.74) is 8.55. The van der Waals surface area contributed by atoms with Crippen LogP contribution in [0.1, 0.15) is 23.6 Å². The van der Waals surface area contributed by atoms with Gasteiger partial charge in [0, 0.05) is 11.3 Å². The minimum Gasteiger partial charge on any atom is -0.490 e. The molecule has 0 heterocycles. The molecule has 0 amide bonds.